The van der Waals surface area contributed by atoms with Gasteiger partial charge in [-0.3, -0.25) is 9.69 Å². The van der Waals surface area contributed by atoms with E-state index in [2.05, 4.69) is 27.1 Å². The molecular weight excluding hydrogens is 489 g/mol. The van der Waals surface area contributed by atoms with E-state index in [0.717, 1.165) is 35.9 Å². The second-order valence-corrected chi connectivity index (χ2v) is 9.60. The van der Waals surface area contributed by atoms with E-state index in [9.17, 15) is 4.79 Å². The van der Waals surface area contributed by atoms with E-state index >= 15 is 0 Å². The van der Waals surface area contributed by atoms with Gasteiger partial charge in [0.1, 0.15) is 17.7 Å². The molecule has 2 fully saturated rings. The Bertz CT molecular complexity index is 1200. The third kappa shape index (κ3) is 5.33. The highest BCUT2D eigenvalue weighted by molar-refractivity contribution is 6.35. The first-order valence-corrected chi connectivity index (χ1v) is 12.7. The molecule has 4 heterocycles. The minimum absolute atomic E-state index is 0.0872. The topological polar surface area (TPSA) is 78.2 Å². The lowest BCUT2D eigenvalue weighted by atomic mass is 10.2. The molecule has 0 radical (unpaired) electrons. The molecule has 1 atom stereocenters. The molecule has 186 valence electrons. The minimum Gasteiger partial charge on any atom is -0.366 e. The van der Waals surface area contributed by atoms with Crippen LogP contribution < -0.4 is 10.2 Å². The minimum atomic E-state index is -0.369. The fourth-order valence-electron chi connectivity index (χ4n) is 4.54. The van der Waals surface area contributed by atoms with Crippen molar-refractivity contribution in [1.82, 2.24) is 24.4 Å². The largest absolute Gasteiger partial charge is 0.366 e. The van der Waals surface area contributed by atoms with Crippen LogP contribution >= 0.6 is 23.2 Å². The summed E-state index contributed by atoms with van der Waals surface area (Å²) in [6.45, 7) is 8.42. The number of nitrogens with zero attached hydrogens (tertiary/aromatic N) is 6. The summed E-state index contributed by atoms with van der Waals surface area (Å²) < 4.78 is 7.55. The van der Waals surface area contributed by atoms with E-state index in [0.29, 0.717) is 55.9 Å². The number of benzene rings is 1. The van der Waals surface area contributed by atoms with Crippen molar-refractivity contribution in [3.05, 3.63) is 52.1 Å². The maximum atomic E-state index is 13.0. The molecule has 9 nitrogen and oxygen atoms in total. The molecule has 1 unspecified atom stereocenters. The Kier molecular flexibility index (Phi) is 7.29. The molecule has 1 N–H and O–H groups in total. The standard InChI is InChI=1S/C24H29Cl2N7O2/c1-2-30-11-12-35-20(16-30)24(34)32-9-7-31(8-10-32)23-14-22(33-21(29-23)5-6-28-33)27-15-17-3-4-18(25)13-19(17)26/h3-6,13-14,20,27H,2,7-12,15-16H2,1H3. The van der Waals surface area contributed by atoms with Gasteiger partial charge in [0.05, 0.1) is 12.8 Å². The average molecular weight is 518 g/mol. The third-order valence-corrected chi connectivity index (χ3v) is 7.20. The predicted molar refractivity (Wildman–Crippen MR) is 137 cm³/mol. The Balaban J connectivity index is 1.26. The molecule has 2 aliphatic rings. The number of halogens is 2. The molecule has 11 heteroatoms. The number of ether oxygens (including phenoxy) is 1. The van der Waals surface area contributed by atoms with Crippen LogP contribution in [-0.2, 0) is 16.1 Å². The number of aromatic nitrogens is 3. The number of hydrogen-bond acceptors (Lipinski definition) is 7. The summed E-state index contributed by atoms with van der Waals surface area (Å²) in [6, 6.07) is 9.34. The van der Waals surface area contributed by atoms with Crippen LogP contribution in [-0.4, -0.2) is 88.8 Å². The fraction of sp³-hybridized carbons (Fsp3) is 0.458. The molecule has 1 amide bonds. The number of amides is 1. The Labute approximate surface area is 214 Å². The SMILES string of the molecule is CCN1CCOC(C(=O)N2CCN(c3cc(NCc4ccc(Cl)cc4Cl)n4nccc4n3)CC2)C1. The lowest BCUT2D eigenvalue weighted by Crippen LogP contribution is -2.55. The molecule has 5 rings (SSSR count). The zero-order chi connectivity index (χ0) is 24.4. The van der Waals surface area contributed by atoms with E-state index in [4.69, 9.17) is 32.9 Å². The lowest BCUT2D eigenvalue weighted by molar-refractivity contribution is -0.149. The van der Waals surface area contributed by atoms with Gasteiger partial charge in [0.25, 0.3) is 5.91 Å². The maximum absolute atomic E-state index is 13.0. The van der Waals surface area contributed by atoms with Gasteiger partial charge in [0.2, 0.25) is 0 Å². The van der Waals surface area contributed by atoms with Crippen LogP contribution in [0.5, 0.6) is 0 Å². The van der Waals surface area contributed by atoms with Crippen molar-refractivity contribution < 1.29 is 9.53 Å². The monoisotopic (exact) mass is 517 g/mol. The fourth-order valence-corrected chi connectivity index (χ4v) is 5.01. The second-order valence-electron chi connectivity index (χ2n) is 8.76. The van der Waals surface area contributed by atoms with Crippen LogP contribution in [0.15, 0.2) is 36.5 Å². The second kappa shape index (κ2) is 10.6. The average Bonchev–Trinajstić information content (AvgIpc) is 3.37. The van der Waals surface area contributed by atoms with E-state index in [1.165, 1.54) is 0 Å². The quantitative estimate of drug-likeness (QED) is 0.538. The van der Waals surface area contributed by atoms with Crippen LogP contribution in [0.4, 0.5) is 11.6 Å². The number of anilines is 2. The van der Waals surface area contributed by atoms with Crippen molar-refractivity contribution in [3.63, 3.8) is 0 Å². The van der Waals surface area contributed by atoms with E-state index in [1.54, 1.807) is 16.8 Å². The molecule has 0 bridgehead atoms. The molecule has 2 aliphatic heterocycles. The van der Waals surface area contributed by atoms with Crippen molar-refractivity contribution in [2.75, 3.05) is 62.6 Å². The summed E-state index contributed by atoms with van der Waals surface area (Å²) in [6.07, 6.45) is 1.36. The summed E-state index contributed by atoms with van der Waals surface area (Å²) in [5.74, 6) is 1.75. The smallest absolute Gasteiger partial charge is 0.253 e. The van der Waals surface area contributed by atoms with Gasteiger partial charge in [-0.05, 0) is 24.2 Å². The summed E-state index contributed by atoms with van der Waals surface area (Å²) in [5, 5.41) is 9.05. The molecule has 0 spiro atoms. The summed E-state index contributed by atoms with van der Waals surface area (Å²) in [4.78, 5) is 24.2. The highest BCUT2D eigenvalue weighted by Gasteiger charge is 2.32. The van der Waals surface area contributed by atoms with Gasteiger partial charge in [-0.25, -0.2) is 4.98 Å². The molecule has 2 aromatic heterocycles. The number of carbonyl (C=O) groups is 1. The first-order chi connectivity index (χ1) is 17.0. The van der Waals surface area contributed by atoms with Crippen molar-refractivity contribution in [2.24, 2.45) is 0 Å². The number of carbonyl (C=O) groups excluding carboxylic acids is 1. The molecule has 0 aliphatic carbocycles. The van der Waals surface area contributed by atoms with Crippen LogP contribution in [0.3, 0.4) is 0 Å². The van der Waals surface area contributed by atoms with Crippen LogP contribution in [0.1, 0.15) is 12.5 Å². The maximum Gasteiger partial charge on any atom is 0.253 e. The molecule has 0 saturated carbocycles. The summed E-state index contributed by atoms with van der Waals surface area (Å²) in [5.41, 5.74) is 1.69. The molecule has 2 saturated heterocycles. The first kappa shape index (κ1) is 24.1. The van der Waals surface area contributed by atoms with Crippen LogP contribution in [0.2, 0.25) is 10.0 Å². The number of rotatable bonds is 6. The van der Waals surface area contributed by atoms with E-state index in [-0.39, 0.29) is 12.0 Å². The highest BCUT2D eigenvalue weighted by atomic mass is 35.5. The van der Waals surface area contributed by atoms with Gasteiger partial charge >= 0.3 is 0 Å². The van der Waals surface area contributed by atoms with Crippen molar-refractivity contribution in [2.45, 2.75) is 19.6 Å². The van der Waals surface area contributed by atoms with Gasteiger partial charge in [-0.15, -0.1) is 0 Å². The number of piperazine rings is 1. The predicted octanol–water partition coefficient (Wildman–Crippen LogP) is 3.02. The summed E-state index contributed by atoms with van der Waals surface area (Å²) >= 11 is 12.4. The third-order valence-electron chi connectivity index (χ3n) is 6.61. The van der Waals surface area contributed by atoms with Crippen molar-refractivity contribution in [3.8, 4) is 0 Å². The lowest BCUT2D eigenvalue weighted by Gasteiger charge is -2.39. The molecular formula is C24H29Cl2N7O2. The van der Waals surface area contributed by atoms with Gasteiger partial charge in [-0.2, -0.15) is 9.61 Å². The van der Waals surface area contributed by atoms with Gasteiger partial charge < -0.3 is 19.9 Å². The van der Waals surface area contributed by atoms with Gasteiger partial charge in [-0.1, -0.05) is 36.2 Å². The van der Waals surface area contributed by atoms with Crippen LogP contribution in [0, 0.1) is 0 Å². The van der Waals surface area contributed by atoms with Crippen molar-refractivity contribution >= 4 is 46.4 Å². The van der Waals surface area contributed by atoms with Crippen LogP contribution in [0.25, 0.3) is 5.65 Å². The number of nitrogens with one attached hydrogen (secondary N) is 1. The highest BCUT2D eigenvalue weighted by Crippen LogP contribution is 2.24. The Hall–Kier alpha value is -2.59. The molecule has 35 heavy (non-hydrogen) atoms. The zero-order valence-electron chi connectivity index (χ0n) is 19.7. The molecule has 3 aromatic rings. The van der Waals surface area contributed by atoms with Gasteiger partial charge in [0, 0.05) is 68.0 Å². The van der Waals surface area contributed by atoms with E-state index < -0.39 is 0 Å². The Morgan fingerprint density at radius 3 is 2.74 bits per heavy atom. The van der Waals surface area contributed by atoms with Gasteiger partial charge in [0.15, 0.2) is 5.65 Å². The molecule has 1 aromatic carbocycles. The number of morpholine rings is 1. The van der Waals surface area contributed by atoms with E-state index in [1.807, 2.05) is 29.2 Å². The zero-order valence-corrected chi connectivity index (χ0v) is 21.2. The summed E-state index contributed by atoms with van der Waals surface area (Å²) in [7, 11) is 0. The first-order valence-electron chi connectivity index (χ1n) is 11.9. The number of likely N-dealkylation sites (N-methyl/N-ethyl adjacent to an activating group) is 1. The normalized spacial score (nSPS) is 19.3. The van der Waals surface area contributed by atoms with Crippen molar-refractivity contribution in [1.29, 1.82) is 0 Å². The number of hydrogen-bond donors (Lipinski definition) is 1. The Morgan fingerprint density at radius 2 is 1.97 bits per heavy atom. The Morgan fingerprint density at radius 1 is 1.14 bits per heavy atom. The number of fused-ring (bicyclic) bond motifs is 1.